The molecule has 0 saturated heterocycles. The van der Waals surface area contributed by atoms with E-state index in [1.54, 1.807) is 7.11 Å². The van der Waals surface area contributed by atoms with Crippen molar-refractivity contribution in [1.82, 2.24) is 16.0 Å². The highest BCUT2D eigenvalue weighted by atomic mass is 16.5. The summed E-state index contributed by atoms with van der Waals surface area (Å²) in [5.74, 6) is 0.721. The summed E-state index contributed by atoms with van der Waals surface area (Å²) < 4.78 is 5.09. The molecule has 0 heterocycles. The highest BCUT2D eigenvalue weighted by molar-refractivity contribution is 5.83. The zero-order chi connectivity index (χ0) is 15.6. The van der Waals surface area contributed by atoms with Gasteiger partial charge in [0, 0.05) is 26.2 Å². The Balaban J connectivity index is 4.63. The number of hydrogen-bond donors (Lipinski definition) is 3. The van der Waals surface area contributed by atoms with Crippen molar-refractivity contribution in [1.29, 1.82) is 0 Å². The molecule has 0 aromatic heterocycles. The highest BCUT2D eigenvalue weighted by Crippen LogP contribution is 2.15. The van der Waals surface area contributed by atoms with E-state index < -0.39 is 5.41 Å². The van der Waals surface area contributed by atoms with E-state index in [9.17, 15) is 4.79 Å². The molecule has 0 aliphatic carbocycles. The number of nitrogens with one attached hydrogen (secondary N) is 3. The summed E-state index contributed by atoms with van der Waals surface area (Å²) in [5.41, 5.74) is -0.525. The average Bonchev–Trinajstić information content (AvgIpc) is 2.37. The van der Waals surface area contributed by atoms with Crippen molar-refractivity contribution in [3.63, 3.8) is 0 Å². The van der Waals surface area contributed by atoms with Gasteiger partial charge in [-0.2, -0.15) is 0 Å². The van der Waals surface area contributed by atoms with E-state index >= 15 is 0 Å². The molecule has 0 aromatic rings. The maximum Gasteiger partial charge on any atom is 0.227 e. The molecule has 1 atom stereocenters. The zero-order valence-electron chi connectivity index (χ0n) is 13.7. The topological polar surface area (TPSA) is 74.8 Å². The van der Waals surface area contributed by atoms with E-state index in [1.807, 2.05) is 34.6 Å². The lowest BCUT2D eigenvalue weighted by atomic mass is 9.92. The van der Waals surface area contributed by atoms with E-state index in [0.717, 1.165) is 6.54 Å². The quantitative estimate of drug-likeness (QED) is 0.454. The number of rotatable bonds is 8. The molecule has 118 valence electrons. The molecule has 0 aliphatic heterocycles. The summed E-state index contributed by atoms with van der Waals surface area (Å²) in [7, 11) is 1.67. The number of amides is 1. The Morgan fingerprint density at radius 1 is 1.25 bits per heavy atom. The fourth-order valence-corrected chi connectivity index (χ4v) is 1.59. The molecule has 0 saturated carbocycles. The molecule has 6 nitrogen and oxygen atoms in total. The van der Waals surface area contributed by atoms with E-state index in [0.29, 0.717) is 25.7 Å². The average molecular weight is 286 g/mol. The summed E-state index contributed by atoms with van der Waals surface area (Å²) in [6, 6.07) is 0.158. The molecular formula is C14H30N4O2. The first-order valence-corrected chi connectivity index (χ1v) is 7.19. The van der Waals surface area contributed by atoms with E-state index in [2.05, 4.69) is 20.9 Å². The molecule has 3 N–H and O–H groups in total. The number of aliphatic imine (C=N–C) groups is 1. The summed E-state index contributed by atoms with van der Waals surface area (Å²) in [5, 5.41) is 9.25. The van der Waals surface area contributed by atoms with Crippen LogP contribution in [-0.4, -0.2) is 51.3 Å². The first-order valence-electron chi connectivity index (χ1n) is 7.19. The minimum Gasteiger partial charge on any atom is -0.383 e. The van der Waals surface area contributed by atoms with Crippen LogP contribution >= 0.6 is 0 Å². The van der Waals surface area contributed by atoms with Crippen molar-refractivity contribution < 1.29 is 9.53 Å². The number of guanidine groups is 1. The number of hydrogen-bond acceptors (Lipinski definition) is 3. The minimum absolute atomic E-state index is 0.0181. The molecule has 0 aromatic carbocycles. The third kappa shape index (κ3) is 7.33. The normalized spacial score (nSPS) is 13.8. The second-order valence-corrected chi connectivity index (χ2v) is 5.44. The molecule has 0 spiro atoms. The molecule has 20 heavy (non-hydrogen) atoms. The summed E-state index contributed by atoms with van der Waals surface area (Å²) in [4.78, 5) is 16.4. The van der Waals surface area contributed by atoms with E-state index in [-0.39, 0.29) is 11.9 Å². The Bertz CT molecular complexity index is 316. The first kappa shape index (κ1) is 18.7. The highest BCUT2D eigenvalue weighted by Gasteiger charge is 2.26. The second-order valence-electron chi connectivity index (χ2n) is 5.44. The number of methoxy groups -OCH3 is 1. The number of nitrogens with zero attached hydrogens (tertiary/aromatic N) is 1. The molecule has 0 radical (unpaired) electrons. The first-order chi connectivity index (χ1) is 9.37. The van der Waals surface area contributed by atoms with Crippen LogP contribution in [0.1, 0.15) is 34.6 Å². The van der Waals surface area contributed by atoms with Crippen molar-refractivity contribution >= 4 is 11.9 Å². The van der Waals surface area contributed by atoms with Crippen LogP contribution in [0.4, 0.5) is 0 Å². The lowest BCUT2D eigenvalue weighted by molar-refractivity contribution is -0.128. The Hall–Kier alpha value is -1.30. The molecule has 0 aliphatic rings. The van der Waals surface area contributed by atoms with Crippen LogP contribution in [0.3, 0.4) is 0 Å². The van der Waals surface area contributed by atoms with Crippen molar-refractivity contribution in [2.45, 2.75) is 40.7 Å². The Labute approximate surface area is 122 Å². The van der Waals surface area contributed by atoms with E-state index in [1.165, 1.54) is 0 Å². The fourth-order valence-electron chi connectivity index (χ4n) is 1.59. The van der Waals surface area contributed by atoms with Gasteiger partial charge in [0.25, 0.3) is 0 Å². The van der Waals surface area contributed by atoms with Crippen LogP contribution in [0.5, 0.6) is 0 Å². The largest absolute Gasteiger partial charge is 0.383 e. The maximum absolute atomic E-state index is 11.9. The molecule has 0 bridgehead atoms. The molecule has 1 amide bonds. The Morgan fingerprint density at radius 2 is 1.85 bits per heavy atom. The third-order valence-corrected chi connectivity index (χ3v) is 2.73. The third-order valence-electron chi connectivity index (χ3n) is 2.73. The van der Waals surface area contributed by atoms with Crippen LogP contribution in [0, 0.1) is 5.41 Å². The SMILES string of the molecule is CCNC(=O)C(C)(C)CN=C(NCC)NC(C)COC. The van der Waals surface area contributed by atoms with Gasteiger partial charge in [-0.25, -0.2) is 0 Å². The van der Waals surface area contributed by atoms with Crippen molar-refractivity contribution in [2.75, 3.05) is 33.4 Å². The maximum atomic E-state index is 11.9. The zero-order valence-corrected chi connectivity index (χ0v) is 13.7. The van der Waals surface area contributed by atoms with Gasteiger partial charge in [-0.1, -0.05) is 0 Å². The van der Waals surface area contributed by atoms with Gasteiger partial charge in [-0.15, -0.1) is 0 Å². The van der Waals surface area contributed by atoms with Gasteiger partial charge in [0.2, 0.25) is 5.91 Å². The molecule has 0 fully saturated rings. The smallest absolute Gasteiger partial charge is 0.227 e. The van der Waals surface area contributed by atoms with Gasteiger partial charge >= 0.3 is 0 Å². The molecule has 6 heteroatoms. The van der Waals surface area contributed by atoms with Gasteiger partial charge in [0.15, 0.2) is 5.96 Å². The molecule has 1 unspecified atom stereocenters. The Kier molecular flexibility index (Phi) is 8.96. The predicted molar refractivity (Wildman–Crippen MR) is 82.9 cm³/mol. The monoisotopic (exact) mass is 286 g/mol. The Morgan fingerprint density at radius 3 is 2.35 bits per heavy atom. The van der Waals surface area contributed by atoms with Crippen molar-refractivity contribution in [3.8, 4) is 0 Å². The fraction of sp³-hybridized carbons (Fsp3) is 0.857. The van der Waals surface area contributed by atoms with Crippen LogP contribution in [0.2, 0.25) is 0 Å². The summed E-state index contributed by atoms with van der Waals surface area (Å²) >= 11 is 0. The summed E-state index contributed by atoms with van der Waals surface area (Å²) in [6.07, 6.45) is 0. The lowest BCUT2D eigenvalue weighted by Crippen LogP contribution is -2.45. The van der Waals surface area contributed by atoms with E-state index in [4.69, 9.17) is 4.74 Å². The van der Waals surface area contributed by atoms with Gasteiger partial charge < -0.3 is 20.7 Å². The van der Waals surface area contributed by atoms with Gasteiger partial charge in [0.1, 0.15) is 0 Å². The summed E-state index contributed by atoms with van der Waals surface area (Å²) in [6.45, 7) is 12.2. The van der Waals surface area contributed by atoms with Crippen LogP contribution in [0.25, 0.3) is 0 Å². The van der Waals surface area contributed by atoms with Gasteiger partial charge in [-0.3, -0.25) is 9.79 Å². The minimum atomic E-state index is -0.525. The molecular weight excluding hydrogens is 256 g/mol. The predicted octanol–water partition coefficient (Wildman–Crippen LogP) is 0.739. The van der Waals surface area contributed by atoms with Crippen LogP contribution in [-0.2, 0) is 9.53 Å². The number of carbonyl (C=O) groups excluding carboxylic acids is 1. The number of carbonyl (C=O) groups is 1. The van der Waals surface area contributed by atoms with Crippen molar-refractivity contribution in [2.24, 2.45) is 10.4 Å². The lowest BCUT2D eigenvalue weighted by Gasteiger charge is -2.23. The second kappa shape index (κ2) is 9.58. The van der Waals surface area contributed by atoms with Crippen molar-refractivity contribution in [3.05, 3.63) is 0 Å². The van der Waals surface area contributed by atoms with Gasteiger partial charge in [-0.05, 0) is 34.6 Å². The number of ether oxygens (including phenoxy) is 1. The van der Waals surface area contributed by atoms with Crippen LogP contribution < -0.4 is 16.0 Å². The van der Waals surface area contributed by atoms with Gasteiger partial charge in [0.05, 0.1) is 18.6 Å². The molecule has 0 rings (SSSR count). The van der Waals surface area contributed by atoms with Crippen LogP contribution in [0.15, 0.2) is 4.99 Å². The standard InChI is InChI=1S/C14H30N4O2/c1-7-15-12(19)14(4,5)10-17-13(16-8-2)18-11(3)9-20-6/h11H,7-10H2,1-6H3,(H,15,19)(H2,16,17,18).